The van der Waals surface area contributed by atoms with Gasteiger partial charge in [-0.1, -0.05) is 37.3 Å². The quantitative estimate of drug-likeness (QED) is 0.582. The van der Waals surface area contributed by atoms with Crippen molar-refractivity contribution in [2.75, 3.05) is 26.4 Å². The predicted octanol–water partition coefficient (Wildman–Crippen LogP) is 1.18. The molecule has 5 amide bonds. The molecular weight excluding hydrogens is 462 g/mol. The Morgan fingerprint density at radius 2 is 1.94 bits per heavy atom. The van der Waals surface area contributed by atoms with Crippen molar-refractivity contribution in [2.45, 2.75) is 31.8 Å². The molecule has 11 heteroatoms. The SMILES string of the molecule is CC[C@@H](NC(=O)N1C(=O)[C@H](Cc2ccnc(N)c2)[C@H]1C(=O)N(C)C1=NCC(=O)N1C)c1ccccc1. The van der Waals surface area contributed by atoms with E-state index >= 15 is 0 Å². The Morgan fingerprint density at radius 1 is 1.22 bits per heavy atom. The van der Waals surface area contributed by atoms with E-state index in [9.17, 15) is 19.2 Å². The Labute approximate surface area is 209 Å². The number of carbonyl (C=O) groups excluding carboxylic acids is 4. The first-order chi connectivity index (χ1) is 17.2. The van der Waals surface area contributed by atoms with E-state index in [-0.39, 0.29) is 30.9 Å². The van der Waals surface area contributed by atoms with Crippen LogP contribution < -0.4 is 11.1 Å². The van der Waals surface area contributed by atoms with Crippen LogP contribution in [0.4, 0.5) is 10.6 Å². The van der Waals surface area contributed by atoms with Crippen LogP contribution >= 0.6 is 0 Å². The number of urea groups is 1. The molecular formula is C25H29N7O4. The molecule has 4 rings (SSSR count). The van der Waals surface area contributed by atoms with Crippen LogP contribution in [-0.4, -0.2) is 76.1 Å². The third kappa shape index (κ3) is 4.64. The Morgan fingerprint density at radius 3 is 2.56 bits per heavy atom. The highest BCUT2D eigenvalue weighted by Crippen LogP contribution is 2.33. The summed E-state index contributed by atoms with van der Waals surface area (Å²) in [7, 11) is 3.01. The zero-order chi connectivity index (χ0) is 26.0. The number of hydrogen-bond acceptors (Lipinski definition) is 7. The van der Waals surface area contributed by atoms with E-state index in [0.29, 0.717) is 12.2 Å². The van der Waals surface area contributed by atoms with Crippen molar-refractivity contribution in [1.29, 1.82) is 0 Å². The highest BCUT2D eigenvalue weighted by atomic mass is 16.2. The first-order valence-electron chi connectivity index (χ1n) is 11.7. The van der Waals surface area contributed by atoms with Crippen molar-refractivity contribution >= 4 is 35.5 Å². The number of nitrogens with one attached hydrogen (secondary N) is 1. The summed E-state index contributed by atoms with van der Waals surface area (Å²) in [5.41, 5.74) is 7.40. The molecule has 0 spiro atoms. The van der Waals surface area contributed by atoms with Gasteiger partial charge in [-0.25, -0.2) is 14.8 Å². The number of guanidine groups is 1. The number of hydrogen-bond donors (Lipinski definition) is 2. The van der Waals surface area contributed by atoms with Crippen molar-refractivity contribution in [1.82, 2.24) is 25.0 Å². The average molecular weight is 492 g/mol. The summed E-state index contributed by atoms with van der Waals surface area (Å²) in [5.74, 6) is -1.54. The fourth-order valence-corrected chi connectivity index (χ4v) is 4.55. The Hall–Kier alpha value is -4.28. The molecule has 0 bridgehead atoms. The van der Waals surface area contributed by atoms with Gasteiger partial charge in [0.1, 0.15) is 18.4 Å². The number of benzene rings is 1. The van der Waals surface area contributed by atoms with E-state index in [1.165, 1.54) is 30.1 Å². The number of likely N-dealkylation sites (tertiary alicyclic amines) is 1. The largest absolute Gasteiger partial charge is 0.384 e. The summed E-state index contributed by atoms with van der Waals surface area (Å²) in [4.78, 5) is 63.7. The molecule has 1 aromatic carbocycles. The summed E-state index contributed by atoms with van der Waals surface area (Å²) in [6, 6.07) is 10.7. The molecule has 0 saturated carbocycles. The maximum Gasteiger partial charge on any atom is 0.325 e. The molecule has 2 aliphatic heterocycles. The van der Waals surface area contributed by atoms with Crippen LogP contribution in [0, 0.1) is 5.92 Å². The highest BCUT2D eigenvalue weighted by Gasteiger charge is 2.56. The van der Waals surface area contributed by atoms with Gasteiger partial charge in [-0.15, -0.1) is 0 Å². The van der Waals surface area contributed by atoms with Crippen molar-refractivity contribution in [3.8, 4) is 0 Å². The summed E-state index contributed by atoms with van der Waals surface area (Å²) in [6.45, 7) is 1.86. The Kier molecular flexibility index (Phi) is 7.00. The van der Waals surface area contributed by atoms with Gasteiger partial charge in [-0.2, -0.15) is 0 Å². The Bertz CT molecular complexity index is 1220. The van der Waals surface area contributed by atoms with Crippen LogP contribution in [-0.2, 0) is 20.8 Å². The van der Waals surface area contributed by atoms with Gasteiger partial charge in [0.15, 0.2) is 0 Å². The first kappa shape index (κ1) is 24.8. The van der Waals surface area contributed by atoms with Crippen molar-refractivity contribution in [3.05, 3.63) is 59.8 Å². The van der Waals surface area contributed by atoms with E-state index < -0.39 is 29.8 Å². The number of β-lactam (4-membered cyclic amide) rings is 1. The number of nitrogens with two attached hydrogens (primary N) is 1. The lowest BCUT2D eigenvalue weighted by molar-refractivity contribution is -0.160. The van der Waals surface area contributed by atoms with Crippen LogP contribution in [0.2, 0.25) is 0 Å². The molecule has 0 unspecified atom stereocenters. The zero-order valence-electron chi connectivity index (χ0n) is 20.4. The fourth-order valence-electron chi connectivity index (χ4n) is 4.55. The highest BCUT2D eigenvalue weighted by molar-refractivity contribution is 6.14. The molecule has 3 heterocycles. The van der Waals surface area contributed by atoms with Gasteiger partial charge in [0, 0.05) is 20.3 Å². The van der Waals surface area contributed by atoms with Gasteiger partial charge in [0.2, 0.25) is 11.9 Å². The molecule has 3 N–H and O–H groups in total. The van der Waals surface area contributed by atoms with Crippen molar-refractivity contribution < 1.29 is 19.2 Å². The number of nitrogens with zero attached hydrogens (tertiary/aromatic N) is 5. The maximum absolute atomic E-state index is 13.6. The van der Waals surface area contributed by atoms with Crippen LogP contribution in [0.25, 0.3) is 0 Å². The summed E-state index contributed by atoms with van der Waals surface area (Å²) in [5, 5.41) is 2.89. The molecule has 1 aromatic heterocycles. The van der Waals surface area contributed by atoms with E-state index in [4.69, 9.17) is 5.73 Å². The minimum absolute atomic E-state index is 0.0633. The molecule has 2 aromatic rings. The fraction of sp³-hybridized carbons (Fsp3) is 0.360. The minimum Gasteiger partial charge on any atom is -0.384 e. The van der Waals surface area contributed by atoms with Crippen LogP contribution in [0.5, 0.6) is 0 Å². The normalized spacial score (nSPS) is 20.0. The molecule has 1 fully saturated rings. The van der Waals surface area contributed by atoms with E-state index in [0.717, 1.165) is 16.0 Å². The molecule has 0 aliphatic carbocycles. The number of rotatable bonds is 6. The van der Waals surface area contributed by atoms with Gasteiger partial charge < -0.3 is 11.1 Å². The van der Waals surface area contributed by atoms with Gasteiger partial charge in [-0.3, -0.25) is 29.1 Å². The van der Waals surface area contributed by atoms with E-state index in [1.807, 2.05) is 37.3 Å². The summed E-state index contributed by atoms with van der Waals surface area (Å²) >= 11 is 0. The lowest BCUT2D eigenvalue weighted by Crippen LogP contribution is -2.71. The first-order valence-corrected chi connectivity index (χ1v) is 11.7. The summed E-state index contributed by atoms with van der Waals surface area (Å²) in [6.07, 6.45) is 2.33. The second kappa shape index (κ2) is 10.1. The number of carbonyl (C=O) groups is 4. The second-order valence-electron chi connectivity index (χ2n) is 8.84. The molecule has 3 atom stereocenters. The molecule has 2 aliphatic rings. The molecule has 1 saturated heterocycles. The number of amides is 5. The third-order valence-electron chi connectivity index (χ3n) is 6.56. The standard InChI is InChI=1S/C25H29N7O4/c1-4-18(16-8-6-5-7-9-16)29-25(36)32-21(23(35)31(3)24-28-14-20(33)30(24)2)17(22(32)34)12-15-10-11-27-19(26)13-15/h5-11,13,17-18,21H,4,12,14H2,1-3H3,(H2,26,27)(H,29,36)/t17-,18-,21+/m1/s1. The van der Waals surface area contributed by atoms with Crippen LogP contribution in [0.15, 0.2) is 53.7 Å². The smallest absolute Gasteiger partial charge is 0.325 e. The van der Waals surface area contributed by atoms with E-state index in [2.05, 4.69) is 15.3 Å². The number of likely N-dealkylation sites (N-methyl/N-ethyl adjacent to an activating group) is 2. The topological polar surface area (TPSA) is 141 Å². The third-order valence-corrected chi connectivity index (χ3v) is 6.56. The molecule has 36 heavy (non-hydrogen) atoms. The van der Waals surface area contributed by atoms with Crippen molar-refractivity contribution in [2.24, 2.45) is 10.9 Å². The number of pyridine rings is 1. The van der Waals surface area contributed by atoms with Gasteiger partial charge in [-0.05, 0) is 36.1 Å². The number of imide groups is 1. The average Bonchev–Trinajstić information content (AvgIpc) is 3.21. The summed E-state index contributed by atoms with van der Waals surface area (Å²) < 4.78 is 0. The zero-order valence-corrected chi connectivity index (χ0v) is 20.4. The van der Waals surface area contributed by atoms with Gasteiger partial charge in [0.25, 0.3) is 11.8 Å². The Balaban J connectivity index is 1.59. The number of aromatic nitrogens is 1. The molecule has 0 radical (unpaired) electrons. The maximum atomic E-state index is 13.6. The number of nitrogen functional groups attached to an aromatic ring is 1. The van der Waals surface area contributed by atoms with Crippen LogP contribution in [0.1, 0.15) is 30.5 Å². The lowest BCUT2D eigenvalue weighted by Gasteiger charge is -2.46. The molecule has 188 valence electrons. The van der Waals surface area contributed by atoms with E-state index in [1.54, 1.807) is 12.1 Å². The van der Waals surface area contributed by atoms with Crippen LogP contribution in [0.3, 0.4) is 0 Å². The predicted molar refractivity (Wildman–Crippen MR) is 132 cm³/mol. The molecule has 11 nitrogen and oxygen atoms in total. The number of aliphatic imine (C=N–C) groups is 1. The van der Waals surface area contributed by atoms with Crippen molar-refractivity contribution in [3.63, 3.8) is 0 Å². The minimum atomic E-state index is -1.07. The van der Waals surface area contributed by atoms with Gasteiger partial charge >= 0.3 is 6.03 Å². The second-order valence-corrected chi connectivity index (χ2v) is 8.84. The van der Waals surface area contributed by atoms with Gasteiger partial charge in [0.05, 0.1) is 12.0 Å². The number of anilines is 1. The lowest BCUT2D eigenvalue weighted by atomic mass is 9.81. The monoisotopic (exact) mass is 491 g/mol.